The first kappa shape index (κ1) is 19.1. The van der Waals surface area contributed by atoms with Gasteiger partial charge in [-0.3, -0.25) is 4.57 Å². The predicted octanol–water partition coefficient (Wildman–Crippen LogP) is 7.49. The quantitative estimate of drug-likeness (QED) is 0.305. The highest BCUT2D eigenvalue weighted by Gasteiger charge is 2.23. The molecule has 0 aliphatic rings. The van der Waals surface area contributed by atoms with Crippen LogP contribution in [0.3, 0.4) is 0 Å². The second-order valence-corrected chi connectivity index (χ2v) is 7.80. The molecular formula is C29H24N2. The van der Waals surface area contributed by atoms with Gasteiger partial charge in [-0.1, -0.05) is 103 Å². The van der Waals surface area contributed by atoms with Crippen molar-refractivity contribution in [2.45, 2.75) is 13.8 Å². The third-order valence-electron chi connectivity index (χ3n) is 5.71. The summed E-state index contributed by atoms with van der Waals surface area (Å²) in [4.78, 5) is 5.25. The fourth-order valence-electron chi connectivity index (χ4n) is 4.13. The molecule has 4 aromatic carbocycles. The minimum atomic E-state index is 0.951. The SMILES string of the molecule is Cc1ccccc1-c1c(-c2ccccc2)nc(-c2ccccc2)n1-c1ccccc1C. The number of aromatic nitrogens is 2. The molecule has 0 atom stereocenters. The van der Waals surface area contributed by atoms with E-state index in [9.17, 15) is 0 Å². The Morgan fingerprint density at radius 1 is 0.548 bits per heavy atom. The van der Waals surface area contributed by atoms with Crippen LogP contribution in [0.5, 0.6) is 0 Å². The fraction of sp³-hybridized carbons (Fsp3) is 0.0690. The number of imidazole rings is 1. The topological polar surface area (TPSA) is 17.8 Å². The summed E-state index contributed by atoms with van der Waals surface area (Å²) in [6, 6.07) is 38.0. The van der Waals surface area contributed by atoms with Crippen molar-refractivity contribution in [3.05, 3.63) is 120 Å². The maximum absolute atomic E-state index is 5.25. The molecule has 5 aromatic rings. The average molecular weight is 401 g/mol. The van der Waals surface area contributed by atoms with Gasteiger partial charge in [0.15, 0.2) is 0 Å². The highest BCUT2D eigenvalue weighted by molar-refractivity contribution is 5.85. The maximum Gasteiger partial charge on any atom is 0.145 e. The Morgan fingerprint density at radius 2 is 1.10 bits per heavy atom. The first-order valence-electron chi connectivity index (χ1n) is 10.6. The van der Waals surface area contributed by atoms with Gasteiger partial charge in [0.25, 0.3) is 0 Å². The van der Waals surface area contributed by atoms with Crippen LogP contribution in [0.1, 0.15) is 11.1 Å². The third-order valence-corrected chi connectivity index (χ3v) is 5.71. The molecule has 0 aliphatic heterocycles. The predicted molar refractivity (Wildman–Crippen MR) is 129 cm³/mol. The molecule has 5 rings (SSSR count). The second-order valence-electron chi connectivity index (χ2n) is 7.80. The number of para-hydroxylation sites is 1. The van der Waals surface area contributed by atoms with Gasteiger partial charge in [0.2, 0.25) is 0 Å². The van der Waals surface area contributed by atoms with Crippen molar-refractivity contribution in [2.75, 3.05) is 0 Å². The number of rotatable bonds is 4. The molecule has 1 heterocycles. The lowest BCUT2D eigenvalue weighted by molar-refractivity contribution is 1.05. The minimum absolute atomic E-state index is 0.951. The lowest BCUT2D eigenvalue weighted by Gasteiger charge is -2.17. The van der Waals surface area contributed by atoms with Crippen molar-refractivity contribution < 1.29 is 0 Å². The Hall–Kier alpha value is -3.91. The van der Waals surface area contributed by atoms with E-state index in [2.05, 4.69) is 115 Å². The number of hydrogen-bond acceptors (Lipinski definition) is 1. The second kappa shape index (κ2) is 8.08. The molecule has 0 fully saturated rings. The normalized spacial score (nSPS) is 10.9. The molecule has 0 unspecified atom stereocenters. The maximum atomic E-state index is 5.25. The van der Waals surface area contributed by atoms with Crippen molar-refractivity contribution in [1.82, 2.24) is 9.55 Å². The molecule has 1 aromatic heterocycles. The summed E-state index contributed by atoms with van der Waals surface area (Å²) >= 11 is 0. The Balaban J connectivity index is 1.94. The van der Waals surface area contributed by atoms with Crippen molar-refractivity contribution in [2.24, 2.45) is 0 Å². The Morgan fingerprint density at radius 3 is 1.74 bits per heavy atom. The fourth-order valence-corrected chi connectivity index (χ4v) is 4.13. The number of nitrogens with zero attached hydrogens (tertiary/aromatic N) is 2. The van der Waals surface area contributed by atoms with Crippen LogP contribution in [0.25, 0.3) is 39.6 Å². The largest absolute Gasteiger partial charge is 0.291 e. The summed E-state index contributed by atoms with van der Waals surface area (Å²) in [6.45, 7) is 4.33. The van der Waals surface area contributed by atoms with Gasteiger partial charge in [-0.2, -0.15) is 0 Å². The lowest BCUT2D eigenvalue weighted by atomic mass is 10.0. The van der Waals surface area contributed by atoms with Crippen LogP contribution < -0.4 is 0 Å². The standard InChI is InChI=1S/C29H24N2/c1-21-13-9-11-19-25(21)28-27(23-15-5-3-6-16-23)30-29(24-17-7-4-8-18-24)31(28)26-20-12-10-14-22(26)2/h3-20H,1-2H3. The van der Waals surface area contributed by atoms with Gasteiger partial charge in [-0.15, -0.1) is 0 Å². The molecule has 2 heteroatoms. The van der Waals surface area contributed by atoms with E-state index in [4.69, 9.17) is 4.98 Å². The van der Waals surface area contributed by atoms with Crippen LogP contribution >= 0.6 is 0 Å². The summed E-state index contributed by atoms with van der Waals surface area (Å²) in [7, 11) is 0. The molecule has 0 N–H and O–H groups in total. The van der Waals surface area contributed by atoms with Crippen LogP contribution in [0.4, 0.5) is 0 Å². The monoisotopic (exact) mass is 400 g/mol. The molecule has 31 heavy (non-hydrogen) atoms. The number of benzene rings is 4. The molecule has 0 saturated carbocycles. The Kier molecular flexibility index (Phi) is 4.97. The van der Waals surface area contributed by atoms with Crippen molar-refractivity contribution >= 4 is 0 Å². The van der Waals surface area contributed by atoms with E-state index in [1.807, 2.05) is 12.1 Å². The zero-order valence-corrected chi connectivity index (χ0v) is 17.8. The van der Waals surface area contributed by atoms with Crippen LogP contribution in [-0.2, 0) is 0 Å². The summed E-state index contributed by atoms with van der Waals surface area (Å²) in [5.74, 6) is 0.951. The van der Waals surface area contributed by atoms with E-state index in [1.165, 1.54) is 16.7 Å². The summed E-state index contributed by atoms with van der Waals surface area (Å²) < 4.78 is 2.33. The van der Waals surface area contributed by atoms with Crippen LogP contribution in [0.15, 0.2) is 109 Å². The first-order chi connectivity index (χ1) is 15.2. The molecule has 2 nitrogen and oxygen atoms in total. The molecular weight excluding hydrogens is 376 g/mol. The molecule has 0 aliphatic carbocycles. The molecule has 0 spiro atoms. The molecule has 150 valence electrons. The zero-order valence-electron chi connectivity index (χ0n) is 17.8. The summed E-state index contributed by atoms with van der Waals surface area (Å²) in [5.41, 5.74) is 9.12. The zero-order chi connectivity index (χ0) is 21.2. The highest BCUT2D eigenvalue weighted by atomic mass is 15.1. The van der Waals surface area contributed by atoms with E-state index in [1.54, 1.807) is 0 Å². The van der Waals surface area contributed by atoms with Gasteiger partial charge in [0.1, 0.15) is 5.82 Å². The van der Waals surface area contributed by atoms with Gasteiger partial charge in [-0.25, -0.2) is 4.98 Å². The molecule has 0 bridgehead atoms. The van der Waals surface area contributed by atoms with Crippen LogP contribution in [0, 0.1) is 13.8 Å². The van der Waals surface area contributed by atoms with Gasteiger partial charge in [0.05, 0.1) is 17.1 Å². The van der Waals surface area contributed by atoms with E-state index in [-0.39, 0.29) is 0 Å². The van der Waals surface area contributed by atoms with Gasteiger partial charge in [-0.05, 0) is 31.0 Å². The van der Waals surface area contributed by atoms with E-state index < -0.39 is 0 Å². The Labute approximate surface area is 183 Å². The van der Waals surface area contributed by atoms with Gasteiger partial charge >= 0.3 is 0 Å². The van der Waals surface area contributed by atoms with Crippen LogP contribution in [-0.4, -0.2) is 9.55 Å². The van der Waals surface area contributed by atoms with Gasteiger partial charge in [0, 0.05) is 16.7 Å². The average Bonchev–Trinajstić information content (AvgIpc) is 3.21. The minimum Gasteiger partial charge on any atom is -0.291 e. The smallest absolute Gasteiger partial charge is 0.145 e. The van der Waals surface area contributed by atoms with Gasteiger partial charge < -0.3 is 0 Å². The molecule has 0 amide bonds. The first-order valence-corrected chi connectivity index (χ1v) is 10.6. The van der Waals surface area contributed by atoms with Crippen molar-refractivity contribution in [3.63, 3.8) is 0 Å². The summed E-state index contributed by atoms with van der Waals surface area (Å²) in [5, 5.41) is 0. The van der Waals surface area contributed by atoms with E-state index in [0.717, 1.165) is 34.0 Å². The van der Waals surface area contributed by atoms with E-state index in [0.29, 0.717) is 0 Å². The van der Waals surface area contributed by atoms with Crippen molar-refractivity contribution in [3.8, 4) is 39.6 Å². The molecule has 0 radical (unpaired) electrons. The Bertz CT molecular complexity index is 1230. The summed E-state index contributed by atoms with van der Waals surface area (Å²) in [6.07, 6.45) is 0. The van der Waals surface area contributed by atoms with Crippen LogP contribution in [0.2, 0.25) is 0 Å². The number of aryl methyl sites for hydroxylation is 2. The highest BCUT2D eigenvalue weighted by Crippen LogP contribution is 2.40. The molecule has 0 saturated heterocycles. The lowest BCUT2D eigenvalue weighted by Crippen LogP contribution is -2.03. The third kappa shape index (κ3) is 3.47. The number of hydrogen-bond donors (Lipinski definition) is 0. The van der Waals surface area contributed by atoms with Crippen molar-refractivity contribution in [1.29, 1.82) is 0 Å². The van der Waals surface area contributed by atoms with E-state index >= 15 is 0 Å².